The van der Waals surface area contributed by atoms with Gasteiger partial charge in [0.15, 0.2) is 0 Å². The second kappa shape index (κ2) is 8.04. The highest BCUT2D eigenvalue weighted by Crippen LogP contribution is 2.17. The Morgan fingerprint density at radius 2 is 1.72 bits per heavy atom. The molecule has 0 bridgehead atoms. The van der Waals surface area contributed by atoms with Crippen LogP contribution in [0, 0.1) is 21.4 Å². The molecule has 2 aromatic rings. The van der Waals surface area contributed by atoms with E-state index in [1.165, 1.54) is 24.3 Å². The van der Waals surface area contributed by atoms with E-state index in [9.17, 15) is 14.9 Å². The highest BCUT2D eigenvalue weighted by Gasteiger charge is 2.17. The van der Waals surface area contributed by atoms with Crippen molar-refractivity contribution in [3.8, 4) is 6.07 Å². The van der Waals surface area contributed by atoms with Gasteiger partial charge in [0.1, 0.15) is 0 Å². The standard InChI is InChI=1S/C18H18N4O3/c1-12(15-5-3-14(11-19)4-6-15)20-13(2)18(23)21-16-7-9-17(10-8-16)22(24)25/h3-10,12-13,20H,1-2H3,(H,21,23)/t12-,13-/m0/s1. The lowest BCUT2D eigenvalue weighted by Gasteiger charge is -2.20. The molecule has 0 aromatic heterocycles. The van der Waals surface area contributed by atoms with E-state index < -0.39 is 11.0 Å². The quantitative estimate of drug-likeness (QED) is 0.621. The summed E-state index contributed by atoms with van der Waals surface area (Å²) >= 11 is 0. The number of hydrogen-bond acceptors (Lipinski definition) is 5. The average molecular weight is 338 g/mol. The van der Waals surface area contributed by atoms with E-state index >= 15 is 0 Å². The van der Waals surface area contributed by atoms with Gasteiger partial charge in [-0.15, -0.1) is 0 Å². The molecular formula is C18H18N4O3. The van der Waals surface area contributed by atoms with Crippen LogP contribution in [-0.2, 0) is 4.79 Å². The van der Waals surface area contributed by atoms with Crippen molar-refractivity contribution in [1.29, 1.82) is 5.26 Å². The van der Waals surface area contributed by atoms with E-state index in [4.69, 9.17) is 5.26 Å². The lowest BCUT2D eigenvalue weighted by molar-refractivity contribution is -0.384. The molecule has 0 radical (unpaired) electrons. The van der Waals surface area contributed by atoms with Gasteiger partial charge in [0.05, 0.1) is 22.6 Å². The van der Waals surface area contributed by atoms with Gasteiger partial charge in [-0.05, 0) is 43.7 Å². The largest absolute Gasteiger partial charge is 0.325 e. The lowest BCUT2D eigenvalue weighted by atomic mass is 10.1. The molecule has 0 spiro atoms. The molecule has 7 nitrogen and oxygen atoms in total. The topological polar surface area (TPSA) is 108 Å². The molecule has 2 aromatic carbocycles. The zero-order valence-corrected chi connectivity index (χ0v) is 13.9. The molecule has 25 heavy (non-hydrogen) atoms. The highest BCUT2D eigenvalue weighted by molar-refractivity contribution is 5.94. The first-order valence-corrected chi connectivity index (χ1v) is 7.72. The number of carbonyl (C=O) groups is 1. The van der Waals surface area contributed by atoms with E-state index in [1.54, 1.807) is 19.1 Å². The SMILES string of the molecule is C[C@H](N[C@@H](C)c1ccc(C#N)cc1)C(=O)Nc1ccc([N+](=O)[O-])cc1. The number of anilines is 1. The molecule has 7 heteroatoms. The maximum atomic E-state index is 12.2. The van der Waals surface area contributed by atoms with E-state index in [1.807, 2.05) is 19.1 Å². The van der Waals surface area contributed by atoms with Gasteiger partial charge in [-0.1, -0.05) is 12.1 Å². The van der Waals surface area contributed by atoms with Gasteiger partial charge < -0.3 is 5.32 Å². The number of amides is 1. The van der Waals surface area contributed by atoms with Crippen LogP contribution in [0.25, 0.3) is 0 Å². The minimum atomic E-state index is -0.491. The van der Waals surface area contributed by atoms with Crippen LogP contribution in [0.1, 0.15) is 31.0 Å². The fourth-order valence-electron chi connectivity index (χ4n) is 2.31. The van der Waals surface area contributed by atoms with Crippen molar-refractivity contribution in [1.82, 2.24) is 5.32 Å². The molecule has 0 saturated carbocycles. The van der Waals surface area contributed by atoms with Crippen molar-refractivity contribution in [3.63, 3.8) is 0 Å². The smallest absolute Gasteiger partial charge is 0.269 e. The van der Waals surface area contributed by atoms with Crippen LogP contribution in [0.2, 0.25) is 0 Å². The van der Waals surface area contributed by atoms with Crippen molar-refractivity contribution >= 4 is 17.3 Å². The number of nitriles is 1. The molecule has 0 aliphatic rings. The van der Waals surface area contributed by atoms with E-state index in [-0.39, 0.29) is 17.6 Å². The van der Waals surface area contributed by atoms with Crippen molar-refractivity contribution in [2.75, 3.05) is 5.32 Å². The number of hydrogen-bond donors (Lipinski definition) is 2. The van der Waals surface area contributed by atoms with Gasteiger partial charge in [0.2, 0.25) is 5.91 Å². The number of carbonyl (C=O) groups excluding carboxylic acids is 1. The number of rotatable bonds is 6. The minimum Gasteiger partial charge on any atom is -0.325 e. The van der Waals surface area contributed by atoms with Crippen LogP contribution in [-0.4, -0.2) is 16.9 Å². The van der Waals surface area contributed by atoms with Crippen LogP contribution in [0.5, 0.6) is 0 Å². The third kappa shape index (κ3) is 4.86. The molecule has 2 rings (SSSR count). The Morgan fingerprint density at radius 1 is 1.12 bits per heavy atom. The first-order chi connectivity index (χ1) is 11.9. The maximum absolute atomic E-state index is 12.2. The zero-order valence-electron chi connectivity index (χ0n) is 13.9. The molecule has 0 aliphatic heterocycles. The first-order valence-electron chi connectivity index (χ1n) is 7.72. The number of non-ortho nitro benzene ring substituents is 1. The van der Waals surface area contributed by atoms with Crippen LogP contribution in [0.3, 0.4) is 0 Å². The van der Waals surface area contributed by atoms with E-state index in [0.29, 0.717) is 11.3 Å². The molecule has 128 valence electrons. The van der Waals surface area contributed by atoms with E-state index in [0.717, 1.165) is 5.56 Å². The Kier molecular flexibility index (Phi) is 5.82. The van der Waals surface area contributed by atoms with Crippen molar-refractivity contribution in [2.45, 2.75) is 25.9 Å². The van der Waals surface area contributed by atoms with Gasteiger partial charge in [-0.25, -0.2) is 0 Å². The number of nitro benzene ring substituents is 1. The number of nitrogens with zero attached hydrogens (tertiary/aromatic N) is 2. The fraction of sp³-hybridized carbons (Fsp3) is 0.222. The van der Waals surface area contributed by atoms with Crippen molar-refractivity contribution in [2.24, 2.45) is 0 Å². The summed E-state index contributed by atoms with van der Waals surface area (Å²) in [6, 6.07) is 14.3. The van der Waals surface area contributed by atoms with Crippen LogP contribution >= 0.6 is 0 Å². The summed E-state index contributed by atoms with van der Waals surface area (Å²) in [5.74, 6) is -0.241. The Bertz CT molecular complexity index is 795. The third-order valence-corrected chi connectivity index (χ3v) is 3.78. The number of nitrogens with one attached hydrogen (secondary N) is 2. The Labute approximate surface area is 145 Å². The molecule has 0 saturated heterocycles. The summed E-state index contributed by atoms with van der Waals surface area (Å²) in [4.78, 5) is 22.4. The molecule has 2 N–H and O–H groups in total. The van der Waals surface area contributed by atoms with Crippen molar-refractivity contribution in [3.05, 3.63) is 69.8 Å². The summed E-state index contributed by atoms with van der Waals surface area (Å²) in [7, 11) is 0. The molecule has 0 aliphatic carbocycles. The molecule has 0 heterocycles. The third-order valence-electron chi connectivity index (χ3n) is 3.78. The van der Waals surface area contributed by atoms with Crippen molar-refractivity contribution < 1.29 is 9.72 Å². The van der Waals surface area contributed by atoms with Gasteiger partial charge >= 0.3 is 0 Å². The highest BCUT2D eigenvalue weighted by atomic mass is 16.6. The first kappa shape index (κ1) is 18.1. The lowest BCUT2D eigenvalue weighted by Crippen LogP contribution is -2.39. The van der Waals surface area contributed by atoms with Gasteiger partial charge in [0.25, 0.3) is 5.69 Å². The average Bonchev–Trinajstić information content (AvgIpc) is 2.62. The normalized spacial score (nSPS) is 12.7. The molecule has 0 fully saturated rings. The monoisotopic (exact) mass is 338 g/mol. The number of benzene rings is 2. The predicted octanol–water partition coefficient (Wildman–Crippen LogP) is 3.14. The van der Waals surface area contributed by atoms with Crippen LogP contribution < -0.4 is 10.6 Å². The van der Waals surface area contributed by atoms with E-state index in [2.05, 4.69) is 16.7 Å². The molecule has 1 amide bonds. The summed E-state index contributed by atoms with van der Waals surface area (Å²) in [5, 5.41) is 25.3. The summed E-state index contributed by atoms with van der Waals surface area (Å²) in [5.41, 5.74) is 2.02. The fourth-order valence-corrected chi connectivity index (χ4v) is 2.31. The zero-order chi connectivity index (χ0) is 18.4. The van der Waals surface area contributed by atoms with Gasteiger partial charge in [0, 0.05) is 23.9 Å². The summed E-state index contributed by atoms with van der Waals surface area (Å²) in [6.45, 7) is 3.66. The molecular weight excluding hydrogens is 320 g/mol. The number of nitro groups is 1. The van der Waals surface area contributed by atoms with Gasteiger partial charge in [-0.2, -0.15) is 5.26 Å². The summed E-state index contributed by atoms with van der Waals surface area (Å²) in [6.07, 6.45) is 0. The maximum Gasteiger partial charge on any atom is 0.269 e. The van der Waals surface area contributed by atoms with Crippen LogP contribution in [0.15, 0.2) is 48.5 Å². The second-order valence-electron chi connectivity index (χ2n) is 5.64. The predicted molar refractivity (Wildman–Crippen MR) is 93.9 cm³/mol. The Balaban J connectivity index is 1.94. The second-order valence-corrected chi connectivity index (χ2v) is 5.64. The molecule has 0 unspecified atom stereocenters. The Morgan fingerprint density at radius 3 is 2.24 bits per heavy atom. The minimum absolute atomic E-state index is 0.0291. The van der Waals surface area contributed by atoms with Crippen LogP contribution in [0.4, 0.5) is 11.4 Å². The van der Waals surface area contributed by atoms with Gasteiger partial charge in [-0.3, -0.25) is 20.2 Å². The summed E-state index contributed by atoms with van der Waals surface area (Å²) < 4.78 is 0. The molecule has 2 atom stereocenters. The Hall–Kier alpha value is -3.24.